The molecule has 1 amide bonds. The van der Waals surface area contributed by atoms with Crippen LogP contribution in [0.25, 0.3) is 0 Å². The summed E-state index contributed by atoms with van der Waals surface area (Å²) in [4.78, 5) is 19.2. The minimum absolute atomic E-state index is 0.0269. The number of hydrogen-bond acceptors (Lipinski definition) is 4. The number of nitrogens with one attached hydrogen (secondary N) is 1. The lowest BCUT2D eigenvalue weighted by atomic mass is 10.00. The Morgan fingerprint density at radius 1 is 1.35 bits per heavy atom. The van der Waals surface area contributed by atoms with Gasteiger partial charge in [0, 0.05) is 12.2 Å². The highest BCUT2D eigenvalue weighted by Crippen LogP contribution is 2.31. The SMILES string of the molecule is Cc1c(C(=O)N2CCCC[C@H]2c2ncn[nH]2)cnn1C(C)(C)C. The summed E-state index contributed by atoms with van der Waals surface area (Å²) < 4.78 is 1.91. The van der Waals surface area contributed by atoms with Crippen molar-refractivity contribution < 1.29 is 4.79 Å². The monoisotopic (exact) mass is 316 g/mol. The largest absolute Gasteiger partial charge is 0.328 e. The molecule has 0 aromatic carbocycles. The Hall–Kier alpha value is -2.18. The Labute approximate surface area is 136 Å². The van der Waals surface area contributed by atoms with E-state index in [0.29, 0.717) is 5.56 Å². The Bertz CT molecular complexity index is 682. The van der Waals surface area contributed by atoms with E-state index in [0.717, 1.165) is 37.3 Å². The predicted molar refractivity (Wildman–Crippen MR) is 86.0 cm³/mol. The number of amides is 1. The Morgan fingerprint density at radius 3 is 2.74 bits per heavy atom. The zero-order valence-electron chi connectivity index (χ0n) is 14.2. The van der Waals surface area contributed by atoms with Crippen molar-refractivity contribution in [3.05, 3.63) is 29.6 Å². The molecule has 2 aromatic heterocycles. The third-order valence-corrected chi connectivity index (χ3v) is 4.39. The molecule has 1 atom stereocenters. The highest BCUT2D eigenvalue weighted by molar-refractivity contribution is 5.95. The molecule has 7 heteroatoms. The van der Waals surface area contributed by atoms with Gasteiger partial charge in [-0.25, -0.2) is 4.98 Å². The maximum atomic E-state index is 13.1. The minimum atomic E-state index is -0.144. The van der Waals surface area contributed by atoms with Gasteiger partial charge in [-0.15, -0.1) is 0 Å². The Kier molecular flexibility index (Phi) is 3.95. The minimum Gasteiger partial charge on any atom is -0.328 e. The molecule has 1 aliphatic rings. The fourth-order valence-corrected chi connectivity index (χ4v) is 3.29. The maximum absolute atomic E-state index is 13.1. The summed E-state index contributed by atoms with van der Waals surface area (Å²) in [7, 11) is 0. The van der Waals surface area contributed by atoms with Crippen LogP contribution in [-0.4, -0.2) is 42.3 Å². The molecule has 1 fully saturated rings. The lowest BCUT2D eigenvalue weighted by molar-refractivity contribution is 0.0599. The summed E-state index contributed by atoms with van der Waals surface area (Å²) in [6, 6.07) is -0.0314. The first-order valence-electron chi connectivity index (χ1n) is 8.11. The fourth-order valence-electron chi connectivity index (χ4n) is 3.29. The van der Waals surface area contributed by atoms with E-state index >= 15 is 0 Å². The van der Waals surface area contributed by atoms with E-state index in [1.54, 1.807) is 6.20 Å². The van der Waals surface area contributed by atoms with Crippen molar-refractivity contribution >= 4 is 5.91 Å². The molecule has 3 heterocycles. The lowest BCUT2D eigenvalue weighted by Gasteiger charge is -2.34. The van der Waals surface area contributed by atoms with E-state index in [4.69, 9.17) is 0 Å². The van der Waals surface area contributed by atoms with Crippen molar-refractivity contribution in [3.63, 3.8) is 0 Å². The van der Waals surface area contributed by atoms with Crippen molar-refractivity contribution in [3.8, 4) is 0 Å². The van der Waals surface area contributed by atoms with Crippen LogP contribution < -0.4 is 0 Å². The molecule has 0 radical (unpaired) electrons. The molecule has 0 saturated carbocycles. The highest BCUT2D eigenvalue weighted by atomic mass is 16.2. The molecule has 3 rings (SSSR count). The van der Waals surface area contributed by atoms with Gasteiger partial charge < -0.3 is 4.90 Å². The van der Waals surface area contributed by atoms with Gasteiger partial charge in [0.05, 0.1) is 23.3 Å². The molecular formula is C16H24N6O. The fraction of sp³-hybridized carbons (Fsp3) is 0.625. The van der Waals surface area contributed by atoms with Gasteiger partial charge in [-0.2, -0.15) is 10.2 Å². The number of aromatic nitrogens is 5. The van der Waals surface area contributed by atoms with Gasteiger partial charge in [0.1, 0.15) is 12.2 Å². The van der Waals surface area contributed by atoms with Crippen LogP contribution in [0, 0.1) is 6.92 Å². The van der Waals surface area contributed by atoms with E-state index in [1.165, 1.54) is 6.33 Å². The molecule has 0 bridgehead atoms. The van der Waals surface area contributed by atoms with Crippen LogP contribution in [-0.2, 0) is 5.54 Å². The summed E-state index contributed by atoms with van der Waals surface area (Å²) in [5.74, 6) is 0.790. The van der Waals surface area contributed by atoms with Gasteiger partial charge in [-0.05, 0) is 47.0 Å². The average Bonchev–Trinajstić information content (AvgIpc) is 3.15. The quantitative estimate of drug-likeness (QED) is 0.923. The normalized spacial score (nSPS) is 19.1. The van der Waals surface area contributed by atoms with Crippen LogP contribution in [0.15, 0.2) is 12.5 Å². The number of likely N-dealkylation sites (tertiary alicyclic amines) is 1. The molecule has 23 heavy (non-hydrogen) atoms. The third kappa shape index (κ3) is 2.87. The Morgan fingerprint density at radius 2 is 2.13 bits per heavy atom. The second-order valence-corrected chi connectivity index (χ2v) is 7.11. The molecule has 1 aliphatic heterocycles. The van der Waals surface area contributed by atoms with Crippen molar-refractivity contribution in [1.29, 1.82) is 0 Å². The van der Waals surface area contributed by atoms with E-state index in [-0.39, 0.29) is 17.5 Å². The number of piperidine rings is 1. The molecule has 0 spiro atoms. The van der Waals surface area contributed by atoms with Crippen LogP contribution in [0.5, 0.6) is 0 Å². The smallest absolute Gasteiger partial charge is 0.257 e. The van der Waals surface area contributed by atoms with Crippen LogP contribution >= 0.6 is 0 Å². The van der Waals surface area contributed by atoms with E-state index in [1.807, 2.05) is 16.5 Å². The molecule has 0 aliphatic carbocycles. The van der Waals surface area contributed by atoms with Gasteiger partial charge in [-0.3, -0.25) is 14.6 Å². The predicted octanol–water partition coefficient (Wildman–Crippen LogP) is 2.43. The molecule has 1 saturated heterocycles. The maximum Gasteiger partial charge on any atom is 0.257 e. The number of aromatic amines is 1. The number of carbonyl (C=O) groups is 1. The average molecular weight is 316 g/mol. The van der Waals surface area contributed by atoms with E-state index < -0.39 is 0 Å². The summed E-state index contributed by atoms with van der Waals surface area (Å²) in [6.45, 7) is 8.95. The van der Waals surface area contributed by atoms with Gasteiger partial charge in [0.25, 0.3) is 5.91 Å². The van der Waals surface area contributed by atoms with Crippen molar-refractivity contribution in [1.82, 2.24) is 29.9 Å². The molecule has 1 N–H and O–H groups in total. The zero-order chi connectivity index (χ0) is 16.6. The molecule has 124 valence electrons. The highest BCUT2D eigenvalue weighted by Gasteiger charge is 2.32. The van der Waals surface area contributed by atoms with Gasteiger partial charge >= 0.3 is 0 Å². The topological polar surface area (TPSA) is 79.7 Å². The molecule has 7 nitrogen and oxygen atoms in total. The number of nitrogens with zero attached hydrogens (tertiary/aromatic N) is 5. The molecular weight excluding hydrogens is 292 g/mol. The van der Waals surface area contributed by atoms with Crippen LogP contribution in [0.3, 0.4) is 0 Å². The summed E-state index contributed by atoms with van der Waals surface area (Å²) in [5.41, 5.74) is 1.44. The first-order chi connectivity index (χ1) is 10.9. The van der Waals surface area contributed by atoms with Crippen molar-refractivity contribution in [2.24, 2.45) is 0 Å². The summed E-state index contributed by atoms with van der Waals surface area (Å²) >= 11 is 0. The van der Waals surface area contributed by atoms with Crippen LogP contribution in [0.2, 0.25) is 0 Å². The number of H-pyrrole nitrogens is 1. The number of hydrogen-bond donors (Lipinski definition) is 1. The second kappa shape index (κ2) is 5.79. The van der Waals surface area contributed by atoms with Crippen molar-refractivity contribution in [2.75, 3.05) is 6.54 Å². The standard InChI is InChI=1S/C16H24N6O/c1-11-12(9-19-22(11)16(2,3)4)15(23)21-8-6-5-7-13(21)14-17-10-18-20-14/h9-10,13H,5-8H2,1-4H3,(H,17,18,20)/t13-/m0/s1. The van der Waals surface area contributed by atoms with Crippen LogP contribution in [0.4, 0.5) is 0 Å². The summed E-state index contributed by atoms with van der Waals surface area (Å²) in [6.07, 6.45) is 6.20. The molecule has 0 unspecified atom stereocenters. The van der Waals surface area contributed by atoms with Crippen molar-refractivity contribution in [2.45, 2.75) is 58.5 Å². The van der Waals surface area contributed by atoms with E-state index in [9.17, 15) is 4.79 Å². The first kappa shape index (κ1) is 15.7. The van der Waals surface area contributed by atoms with Crippen LogP contribution in [0.1, 0.15) is 68.0 Å². The number of carbonyl (C=O) groups excluding carboxylic acids is 1. The third-order valence-electron chi connectivity index (χ3n) is 4.39. The van der Waals surface area contributed by atoms with Gasteiger partial charge in [-0.1, -0.05) is 0 Å². The number of rotatable bonds is 2. The molecule has 2 aromatic rings. The van der Waals surface area contributed by atoms with Gasteiger partial charge in [0.15, 0.2) is 0 Å². The second-order valence-electron chi connectivity index (χ2n) is 7.11. The zero-order valence-corrected chi connectivity index (χ0v) is 14.2. The summed E-state index contributed by atoms with van der Waals surface area (Å²) in [5, 5.41) is 11.3. The first-order valence-corrected chi connectivity index (χ1v) is 8.11. The lowest BCUT2D eigenvalue weighted by Crippen LogP contribution is -2.39. The Balaban J connectivity index is 1.91. The van der Waals surface area contributed by atoms with Gasteiger partial charge in [0.2, 0.25) is 0 Å². The van der Waals surface area contributed by atoms with E-state index in [2.05, 4.69) is 41.1 Å².